The van der Waals surface area contributed by atoms with Gasteiger partial charge in [0.15, 0.2) is 5.78 Å². The highest BCUT2D eigenvalue weighted by atomic mass is 79.9. The predicted molar refractivity (Wildman–Crippen MR) is 82.4 cm³/mol. The Morgan fingerprint density at radius 2 is 2.05 bits per heavy atom. The number of ketones is 1. The van der Waals surface area contributed by atoms with E-state index in [-0.39, 0.29) is 5.78 Å². The Morgan fingerprint density at radius 1 is 1.20 bits per heavy atom. The zero-order chi connectivity index (χ0) is 14.1. The molecule has 3 rings (SSSR count). The Kier molecular flexibility index (Phi) is 3.32. The second kappa shape index (κ2) is 5.13. The fraction of sp³-hybridized carbons (Fsp3) is 0.0625. The second-order valence-corrected chi connectivity index (χ2v) is 5.37. The van der Waals surface area contributed by atoms with Gasteiger partial charge in [0.2, 0.25) is 0 Å². The van der Waals surface area contributed by atoms with Crippen LogP contribution in [0.3, 0.4) is 0 Å². The fourth-order valence-electron chi connectivity index (χ4n) is 2.20. The van der Waals surface area contributed by atoms with Crippen molar-refractivity contribution in [2.24, 2.45) is 0 Å². The highest BCUT2D eigenvalue weighted by Crippen LogP contribution is 2.26. The molecule has 0 saturated carbocycles. The summed E-state index contributed by atoms with van der Waals surface area (Å²) in [6, 6.07) is 13.0. The third-order valence-corrected chi connectivity index (χ3v) is 3.71. The number of aromatic nitrogens is 1. The SMILES string of the molecule is COc1ccc2[nH]cc(C(=O)c3cccc(Br)c3)c2c1. The van der Waals surface area contributed by atoms with Crippen molar-refractivity contribution in [2.75, 3.05) is 7.11 Å². The third kappa shape index (κ3) is 2.23. The largest absolute Gasteiger partial charge is 0.497 e. The van der Waals surface area contributed by atoms with E-state index in [9.17, 15) is 4.79 Å². The van der Waals surface area contributed by atoms with E-state index < -0.39 is 0 Å². The van der Waals surface area contributed by atoms with Gasteiger partial charge in [-0.1, -0.05) is 28.1 Å². The maximum Gasteiger partial charge on any atom is 0.195 e. The van der Waals surface area contributed by atoms with Crippen molar-refractivity contribution >= 4 is 32.6 Å². The Labute approximate surface area is 124 Å². The van der Waals surface area contributed by atoms with E-state index in [1.54, 1.807) is 13.3 Å². The molecule has 1 aromatic heterocycles. The molecule has 3 aromatic rings. The summed E-state index contributed by atoms with van der Waals surface area (Å²) in [5.41, 5.74) is 2.23. The standard InChI is InChI=1S/C16H12BrNO2/c1-20-12-5-6-15-13(8-12)14(9-18-15)16(19)10-3-2-4-11(17)7-10/h2-9,18H,1H3. The molecule has 0 unspecified atom stereocenters. The van der Waals surface area contributed by atoms with Crippen molar-refractivity contribution in [3.63, 3.8) is 0 Å². The quantitative estimate of drug-likeness (QED) is 0.733. The van der Waals surface area contributed by atoms with Crippen LogP contribution in [-0.2, 0) is 0 Å². The number of ether oxygens (including phenoxy) is 1. The van der Waals surface area contributed by atoms with E-state index in [0.29, 0.717) is 11.1 Å². The summed E-state index contributed by atoms with van der Waals surface area (Å²) in [6.45, 7) is 0. The smallest absolute Gasteiger partial charge is 0.195 e. The monoisotopic (exact) mass is 329 g/mol. The average molecular weight is 330 g/mol. The van der Waals surface area contributed by atoms with Gasteiger partial charge in [0.25, 0.3) is 0 Å². The molecule has 0 amide bonds. The minimum Gasteiger partial charge on any atom is -0.497 e. The molecule has 0 bridgehead atoms. The molecule has 1 N–H and O–H groups in total. The lowest BCUT2D eigenvalue weighted by molar-refractivity contribution is 0.104. The molecule has 0 aliphatic carbocycles. The molecule has 0 aliphatic heterocycles. The van der Waals surface area contributed by atoms with Crippen LogP contribution >= 0.6 is 15.9 Å². The van der Waals surface area contributed by atoms with E-state index in [4.69, 9.17) is 4.74 Å². The first kappa shape index (κ1) is 12.9. The molecular weight excluding hydrogens is 318 g/mol. The van der Waals surface area contributed by atoms with Crippen LogP contribution in [0, 0.1) is 0 Å². The number of methoxy groups -OCH3 is 1. The molecule has 1 heterocycles. The van der Waals surface area contributed by atoms with Gasteiger partial charge in [-0.15, -0.1) is 0 Å². The maximum atomic E-state index is 12.6. The lowest BCUT2D eigenvalue weighted by atomic mass is 10.0. The number of aromatic amines is 1. The zero-order valence-corrected chi connectivity index (χ0v) is 12.4. The fourth-order valence-corrected chi connectivity index (χ4v) is 2.60. The van der Waals surface area contributed by atoms with Crippen LogP contribution in [-0.4, -0.2) is 17.9 Å². The van der Waals surface area contributed by atoms with Gasteiger partial charge >= 0.3 is 0 Å². The molecule has 0 atom stereocenters. The number of carbonyl (C=O) groups excluding carboxylic acids is 1. The number of benzene rings is 2. The number of halogens is 1. The van der Waals surface area contributed by atoms with Crippen LogP contribution in [0.1, 0.15) is 15.9 Å². The normalized spacial score (nSPS) is 10.7. The Hall–Kier alpha value is -2.07. The summed E-state index contributed by atoms with van der Waals surface area (Å²) < 4.78 is 6.11. The summed E-state index contributed by atoms with van der Waals surface area (Å²) in [5.74, 6) is 0.728. The molecule has 20 heavy (non-hydrogen) atoms. The topological polar surface area (TPSA) is 42.1 Å². The minimum atomic E-state index is -0.00852. The van der Waals surface area contributed by atoms with E-state index in [0.717, 1.165) is 21.1 Å². The third-order valence-electron chi connectivity index (χ3n) is 3.22. The summed E-state index contributed by atoms with van der Waals surface area (Å²) >= 11 is 3.39. The second-order valence-electron chi connectivity index (χ2n) is 4.45. The van der Waals surface area contributed by atoms with Gasteiger partial charge in [0, 0.05) is 32.7 Å². The molecule has 0 spiro atoms. The van der Waals surface area contributed by atoms with Crippen molar-refractivity contribution < 1.29 is 9.53 Å². The first-order valence-electron chi connectivity index (χ1n) is 6.14. The summed E-state index contributed by atoms with van der Waals surface area (Å²) in [5, 5.41) is 0.870. The Balaban J connectivity index is 2.12. The first-order valence-corrected chi connectivity index (χ1v) is 6.94. The number of H-pyrrole nitrogens is 1. The summed E-state index contributed by atoms with van der Waals surface area (Å²) in [4.78, 5) is 15.7. The molecule has 4 heteroatoms. The molecule has 2 aromatic carbocycles. The van der Waals surface area contributed by atoms with Gasteiger partial charge < -0.3 is 9.72 Å². The van der Waals surface area contributed by atoms with Crippen LogP contribution in [0.4, 0.5) is 0 Å². The van der Waals surface area contributed by atoms with Crippen LogP contribution < -0.4 is 4.74 Å². The number of rotatable bonds is 3. The lowest BCUT2D eigenvalue weighted by Crippen LogP contribution is -2.00. The van der Waals surface area contributed by atoms with E-state index in [1.165, 1.54) is 0 Å². The molecule has 0 radical (unpaired) electrons. The minimum absolute atomic E-state index is 0.00852. The van der Waals surface area contributed by atoms with Gasteiger partial charge in [-0.05, 0) is 30.3 Å². The van der Waals surface area contributed by atoms with Gasteiger partial charge in [-0.3, -0.25) is 4.79 Å². The van der Waals surface area contributed by atoms with Crippen LogP contribution in [0.2, 0.25) is 0 Å². The van der Waals surface area contributed by atoms with Crippen molar-refractivity contribution in [1.29, 1.82) is 0 Å². The summed E-state index contributed by atoms with van der Waals surface area (Å²) in [6.07, 6.45) is 1.74. The van der Waals surface area contributed by atoms with Crippen molar-refractivity contribution in [1.82, 2.24) is 4.98 Å². The Bertz CT molecular complexity index is 792. The van der Waals surface area contributed by atoms with Crippen LogP contribution in [0.25, 0.3) is 10.9 Å². The molecule has 0 fully saturated rings. The maximum absolute atomic E-state index is 12.6. The molecular formula is C16H12BrNO2. The van der Waals surface area contributed by atoms with Crippen molar-refractivity contribution in [3.8, 4) is 5.75 Å². The molecule has 0 saturated heterocycles. The zero-order valence-electron chi connectivity index (χ0n) is 10.8. The molecule has 3 nitrogen and oxygen atoms in total. The average Bonchev–Trinajstić information content (AvgIpc) is 2.89. The van der Waals surface area contributed by atoms with Crippen LogP contribution in [0.5, 0.6) is 5.75 Å². The number of carbonyl (C=O) groups is 1. The van der Waals surface area contributed by atoms with Gasteiger partial charge in [0.1, 0.15) is 5.75 Å². The first-order chi connectivity index (χ1) is 9.69. The van der Waals surface area contributed by atoms with E-state index in [2.05, 4.69) is 20.9 Å². The molecule has 100 valence electrons. The number of nitrogens with one attached hydrogen (secondary N) is 1. The number of fused-ring (bicyclic) bond motifs is 1. The van der Waals surface area contributed by atoms with E-state index in [1.807, 2.05) is 42.5 Å². The Morgan fingerprint density at radius 3 is 2.80 bits per heavy atom. The number of hydrogen-bond donors (Lipinski definition) is 1. The highest BCUT2D eigenvalue weighted by Gasteiger charge is 2.14. The predicted octanol–water partition coefficient (Wildman–Crippen LogP) is 4.17. The summed E-state index contributed by atoms with van der Waals surface area (Å²) in [7, 11) is 1.61. The molecule has 0 aliphatic rings. The highest BCUT2D eigenvalue weighted by molar-refractivity contribution is 9.10. The van der Waals surface area contributed by atoms with Gasteiger partial charge in [0.05, 0.1) is 7.11 Å². The van der Waals surface area contributed by atoms with Crippen LogP contribution in [0.15, 0.2) is 53.1 Å². The van der Waals surface area contributed by atoms with Gasteiger partial charge in [-0.2, -0.15) is 0 Å². The lowest BCUT2D eigenvalue weighted by Gasteiger charge is -2.02. The number of hydrogen-bond acceptors (Lipinski definition) is 2. The van der Waals surface area contributed by atoms with E-state index >= 15 is 0 Å². The van der Waals surface area contributed by atoms with Crippen molar-refractivity contribution in [2.45, 2.75) is 0 Å². The van der Waals surface area contributed by atoms with Crippen molar-refractivity contribution in [3.05, 3.63) is 64.3 Å². The van der Waals surface area contributed by atoms with Gasteiger partial charge in [-0.25, -0.2) is 0 Å².